The van der Waals surface area contributed by atoms with Gasteiger partial charge in [0.2, 0.25) is 5.91 Å². The molecule has 30 heavy (non-hydrogen) atoms. The van der Waals surface area contributed by atoms with Crippen LogP contribution in [0.25, 0.3) is 0 Å². The molecule has 0 saturated carbocycles. The van der Waals surface area contributed by atoms with E-state index in [9.17, 15) is 9.59 Å². The Labute approximate surface area is 180 Å². The summed E-state index contributed by atoms with van der Waals surface area (Å²) in [5.41, 5.74) is 2.41. The monoisotopic (exact) mass is 432 g/mol. The van der Waals surface area contributed by atoms with Crippen LogP contribution in [0.1, 0.15) is 40.7 Å². The molecule has 0 unspecified atom stereocenters. The number of aromatic nitrogens is 2. The fourth-order valence-electron chi connectivity index (χ4n) is 3.34. The van der Waals surface area contributed by atoms with Crippen molar-refractivity contribution >= 4 is 29.5 Å². The molecule has 0 aliphatic carbocycles. The average molecular weight is 433 g/mol. The molecule has 162 valence electrons. The third-order valence-electron chi connectivity index (χ3n) is 5.08. The maximum Gasteiger partial charge on any atom is 0.339 e. The van der Waals surface area contributed by atoms with Gasteiger partial charge in [-0.2, -0.15) is 0 Å². The number of nitrogens with zero attached hydrogens (tertiary/aromatic N) is 4. The number of thioether (sulfide) groups is 1. The van der Waals surface area contributed by atoms with Gasteiger partial charge in [-0.3, -0.25) is 4.79 Å². The number of aryl methyl sites for hydroxylation is 2. The van der Waals surface area contributed by atoms with Crippen LogP contribution < -0.4 is 4.90 Å². The Morgan fingerprint density at radius 1 is 1.20 bits per heavy atom. The Morgan fingerprint density at radius 3 is 2.70 bits per heavy atom. The topological polar surface area (TPSA) is 88.8 Å². The number of hydrogen-bond acceptors (Lipinski definition) is 8. The minimum atomic E-state index is -0.363. The number of pyridine rings is 1. The number of hydrogen-bond donors (Lipinski definition) is 0. The number of amides is 1. The lowest BCUT2D eigenvalue weighted by molar-refractivity contribution is -0.128. The van der Waals surface area contributed by atoms with Gasteiger partial charge in [-0.05, 0) is 39.3 Å². The lowest BCUT2D eigenvalue weighted by Gasteiger charge is -2.23. The SMILES string of the molecule is CCOC(=O)c1ccc(N2CCCN(C(=O)CSCc3c(C)noc3C)CC2)nc1. The minimum absolute atomic E-state index is 0.152. The van der Waals surface area contributed by atoms with Crippen LogP contribution in [0.4, 0.5) is 5.82 Å². The first-order valence-corrected chi connectivity index (χ1v) is 11.3. The minimum Gasteiger partial charge on any atom is -0.462 e. The van der Waals surface area contributed by atoms with Gasteiger partial charge in [0.15, 0.2) is 0 Å². The summed E-state index contributed by atoms with van der Waals surface area (Å²) < 4.78 is 10.2. The zero-order valence-corrected chi connectivity index (χ0v) is 18.5. The summed E-state index contributed by atoms with van der Waals surface area (Å²) in [6.07, 6.45) is 2.42. The third-order valence-corrected chi connectivity index (χ3v) is 6.03. The maximum absolute atomic E-state index is 12.7. The number of anilines is 1. The molecule has 0 aromatic carbocycles. The van der Waals surface area contributed by atoms with E-state index in [0.29, 0.717) is 31.0 Å². The highest BCUT2D eigenvalue weighted by atomic mass is 32.2. The highest BCUT2D eigenvalue weighted by Crippen LogP contribution is 2.20. The Hall–Kier alpha value is -2.55. The fraction of sp³-hybridized carbons (Fsp3) is 0.524. The average Bonchev–Trinajstić information content (AvgIpc) is 2.94. The van der Waals surface area contributed by atoms with Crippen LogP contribution >= 0.6 is 11.8 Å². The van der Waals surface area contributed by atoms with E-state index in [4.69, 9.17) is 9.26 Å². The number of esters is 1. The summed E-state index contributed by atoms with van der Waals surface area (Å²) in [5, 5.41) is 3.96. The van der Waals surface area contributed by atoms with Crippen molar-refractivity contribution in [2.75, 3.05) is 43.4 Å². The van der Waals surface area contributed by atoms with Gasteiger partial charge in [-0.25, -0.2) is 9.78 Å². The molecule has 0 radical (unpaired) electrons. The van der Waals surface area contributed by atoms with E-state index in [-0.39, 0.29) is 11.9 Å². The first-order chi connectivity index (χ1) is 14.5. The molecule has 3 rings (SSSR count). The van der Waals surface area contributed by atoms with Crippen molar-refractivity contribution in [2.45, 2.75) is 32.9 Å². The molecular weight excluding hydrogens is 404 g/mol. The Morgan fingerprint density at radius 2 is 2.03 bits per heavy atom. The summed E-state index contributed by atoms with van der Waals surface area (Å²) in [4.78, 5) is 32.9. The van der Waals surface area contributed by atoms with E-state index in [1.165, 1.54) is 0 Å². The highest BCUT2D eigenvalue weighted by molar-refractivity contribution is 7.99. The van der Waals surface area contributed by atoms with Crippen molar-refractivity contribution in [2.24, 2.45) is 0 Å². The molecule has 2 aromatic rings. The largest absolute Gasteiger partial charge is 0.462 e. The molecular formula is C21H28N4O4S. The highest BCUT2D eigenvalue weighted by Gasteiger charge is 2.20. The molecule has 1 fully saturated rings. The van der Waals surface area contributed by atoms with Crippen LogP contribution in [-0.4, -0.2) is 65.5 Å². The van der Waals surface area contributed by atoms with Crippen molar-refractivity contribution in [3.63, 3.8) is 0 Å². The van der Waals surface area contributed by atoms with Crippen LogP contribution in [0.3, 0.4) is 0 Å². The molecule has 0 atom stereocenters. The van der Waals surface area contributed by atoms with Gasteiger partial charge in [0.25, 0.3) is 0 Å². The van der Waals surface area contributed by atoms with Crippen LogP contribution in [0, 0.1) is 13.8 Å². The Bertz CT molecular complexity index is 849. The maximum atomic E-state index is 12.7. The lowest BCUT2D eigenvalue weighted by atomic mass is 10.2. The number of carbonyl (C=O) groups is 2. The predicted octanol–water partition coefficient (Wildman–Crippen LogP) is 2.84. The Kier molecular flexibility index (Phi) is 7.73. The van der Waals surface area contributed by atoms with Crippen molar-refractivity contribution < 1.29 is 18.8 Å². The van der Waals surface area contributed by atoms with E-state index in [2.05, 4.69) is 15.0 Å². The Balaban J connectivity index is 1.49. The van der Waals surface area contributed by atoms with Crippen molar-refractivity contribution in [3.8, 4) is 0 Å². The quantitative estimate of drug-likeness (QED) is 0.617. The van der Waals surface area contributed by atoms with Gasteiger partial charge >= 0.3 is 5.97 Å². The first kappa shape index (κ1) is 22.1. The van der Waals surface area contributed by atoms with Gasteiger partial charge in [0.05, 0.1) is 23.6 Å². The number of rotatable bonds is 7. The number of carbonyl (C=O) groups excluding carboxylic acids is 2. The molecule has 3 heterocycles. The van der Waals surface area contributed by atoms with E-state index >= 15 is 0 Å². The van der Waals surface area contributed by atoms with E-state index in [1.54, 1.807) is 30.9 Å². The van der Waals surface area contributed by atoms with E-state index in [1.807, 2.05) is 24.8 Å². The standard InChI is InChI=1S/C21H28N4O4S/c1-4-28-21(27)17-6-7-19(22-12-17)24-8-5-9-25(11-10-24)20(26)14-30-13-18-15(2)23-29-16(18)3/h6-7,12H,4-5,8-11,13-14H2,1-3H3. The van der Waals surface area contributed by atoms with Crippen LogP contribution in [0.15, 0.2) is 22.9 Å². The summed E-state index contributed by atoms with van der Waals surface area (Å²) >= 11 is 1.59. The summed E-state index contributed by atoms with van der Waals surface area (Å²) in [6.45, 7) is 8.87. The van der Waals surface area contributed by atoms with Gasteiger partial charge in [0.1, 0.15) is 11.6 Å². The second-order valence-electron chi connectivity index (χ2n) is 7.14. The van der Waals surface area contributed by atoms with Crippen LogP contribution in [0.5, 0.6) is 0 Å². The second kappa shape index (κ2) is 10.5. The van der Waals surface area contributed by atoms with Crippen molar-refractivity contribution in [1.29, 1.82) is 0 Å². The molecule has 0 bridgehead atoms. The van der Waals surface area contributed by atoms with Crippen molar-refractivity contribution in [1.82, 2.24) is 15.0 Å². The molecule has 0 spiro atoms. The molecule has 1 amide bonds. The molecule has 0 N–H and O–H groups in total. The normalized spacial score (nSPS) is 14.5. The summed E-state index contributed by atoms with van der Waals surface area (Å²) in [5.74, 6) is 2.59. The molecule has 8 nitrogen and oxygen atoms in total. The first-order valence-electron chi connectivity index (χ1n) is 10.1. The van der Waals surface area contributed by atoms with E-state index in [0.717, 1.165) is 48.1 Å². The fourth-order valence-corrected chi connectivity index (χ4v) is 4.42. The summed E-state index contributed by atoms with van der Waals surface area (Å²) in [6, 6.07) is 3.57. The third kappa shape index (κ3) is 5.53. The molecule has 1 aliphatic rings. The molecule has 1 aliphatic heterocycles. The molecule has 1 saturated heterocycles. The van der Waals surface area contributed by atoms with Crippen molar-refractivity contribution in [3.05, 3.63) is 40.9 Å². The second-order valence-corrected chi connectivity index (χ2v) is 8.13. The zero-order chi connectivity index (χ0) is 21.5. The molecule has 9 heteroatoms. The van der Waals surface area contributed by atoms with Gasteiger partial charge < -0.3 is 19.1 Å². The van der Waals surface area contributed by atoms with Gasteiger partial charge in [-0.1, -0.05) is 5.16 Å². The van der Waals surface area contributed by atoms with Crippen LogP contribution in [-0.2, 0) is 15.3 Å². The zero-order valence-electron chi connectivity index (χ0n) is 17.7. The molecule has 2 aromatic heterocycles. The smallest absolute Gasteiger partial charge is 0.339 e. The summed E-state index contributed by atoms with van der Waals surface area (Å²) in [7, 11) is 0. The van der Waals surface area contributed by atoms with Gasteiger partial charge in [-0.15, -0.1) is 11.8 Å². The van der Waals surface area contributed by atoms with Crippen LogP contribution in [0.2, 0.25) is 0 Å². The lowest BCUT2D eigenvalue weighted by Crippen LogP contribution is -2.36. The van der Waals surface area contributed by atoms with E-state index < -0.39 is 0 Å². The van der Waals surface area contributed by atoms with Gasteiger partial charge in [0, 0.05) is 43.7 Å². The predicted molar refractivity (Wildman–Crippen MR) is 116 cm³/mol. The number of ether oxygens (including phenoxy) is 1.